The molecule has 0 atom stereocenters. The highest BCUT2D eigenvalue weighted by atomic mass is 32.2. The van der Waals surface area contributed by atoms with Crippen LogP contribution in [-0.2, 0) is 14.4 Å². The van der Waals surface area contributed by atoms with Gasteiger partial charge in [0.15, 0.2) is 0 Å². The molecule has 2 aromatic carbocycles. The molecule has 7 heteroatoms. The maximum atomic E-state index is 13.4. The minimum atomic E-state index is -4.00. The Labute approximate surface area is 114 Å². The van der Waals surface area contributed by atoms with Crippen molar-refractivity contribution in [2.24, 2.45) is 0 Å². The SMILES string of the molecule is C=[O+]c1cccc(S(=O)(=O)Nc2ccc(F)cc2F)c1. The largest absolute Gasteiger partial charge is 0.352 e. The Morgan fingerprint density at radius 2 is 1.85 bits per heavy atom. The molecule has 0 fully saturated rings. The summed E-state index contributed by atoms with van der Waals surface area (Å²) in [5.74, 6) is -1.55. The van der Waals surface area contributed by atoms with Crippen LogP contribution in [0.5, 0.6) is 5.75 Å². The molecular weight excluding hydrogens is 288 g/mol. The van der Waals surface area contributed by atoms with E-state index in [1.54, 1.807) is 0 Å². The van der Waals surface area contributed by atoms with Gasteiger partial charge in [-0.05, 0) is 18.2 Å². The number of anilines is 1. The molecule has 0 saturated carbocycles. The third kappa shape index (κ3) is 3.00. The predicted octanol–water partition coefficient (Wildman–Crippen LogP) is 2.84. The minimum absolute atomic E-state index is 0.123. The fourth-order valence-electron chi connectivity index (χ4n) is 1.51. The van der Waals surface area contributed by atoms with Gasteiger partial charge in [0.25, 0.3) is 16.8 Å². The smallest absolute Gasteiger partial charge is 0.277 e. The second-order valence-electron chi connectivity index (χ2n) is 3.85. The molecule has 0 bridgehead atoms. The molecule has 0 radical (unpaired) electrons. The van der Waals surface area contributed by atoms with Gasteiger partial charge in [-0.15, -0.1) is 0 Å². The molecule has 0 aliphatic rings. The summed E-state index contributed by atoms with van der Waals surface area (Å²) in [6.45, 7) is 3.17. The molecule has 20 heavy (non-hydrogen) atoms. The molecule has 1 N–H and O–H groups in total. The van der Waals surface area contributed by atoms with Gasteiger partial charge < -0.3 is 0 Å². The first-order valence-electron chi connectivity index (χ1n) is 5.42. The Bertz CT molecular complexity index is 760. The molecule has 0 aliphatic heterocycles. The topological polar surface area (TPSA) is 57.5 Å². The lowest BCUT2D eigenvalue weighted by molar-refractivity contribution is -0.355. The second kappa shape index (κ2) is 5.38. The monoisotopic (exact) mass is 298 g/mol. The quantitative estimate of drug-likeness (QED) is 0.882. The van der Waals surface area contributed by atoms with Crippen LogP contribution in [0, 0.1) is 11.6 Å². The first-order chi connectivity index (χ1) is 9.42. The van der Waals surface area contributed by atoms with Crippen LogP contribution < -0.4 is 4.72 Å². The van der Waals surface area contributed by atoms with Crippen molar-refractivity contribution in [3.63, 3.8) is 0 Å². The maximum Gasteiger partial charge on any atom is 0.352 e. The standard InChI is InChI=1S/C13H10F2NO3S/c1-19-10-3-2-4-11(8-10)20(17,18)16-13-6-5-9(14)7-12(13)15/h2-8,16H,1H2/q+1. The third-order valence-electron chi connectivity index (χ3n) is 2.46. The normalized spacial score (nSPS) is 11.1. The molecule has 0 heterocycles. The summed E-state index contributed by atoms with van der Waals surface area (Å²) >= 11 is 0. The van der Waals surface area contributed by atoms with Gasteiger partial charge in [0.05, 0.1) is 16.6 Å². The van der Waals surface area contributed by atoms with Gasteiger partial charge in [-0.25, -0.2) is 21.6 Å². The number of rotatable bonds is 4. The van der Waals surface area contributed by atoms with Crippen molar-refractivity contribution in [1.29, 1.82) is 0 Å². The van der Waals surface area contributed by atoms with Crippen LogP contribution in [0.3, 0.4) is 0 Å². The summed E-state index contributed by atoms with van der Waals surface area (Å²) in [7, 11) is -4.00. The van der Waals surface area contributed by atoms with Gasteiger partial charge in [0, 0.05) is 12.1 Å². The molecular formula is C13H10F2NO3S+. The van der Waals surface area contributed by atoms with E-state index in [1.807, 2.05) is 4.72 Å². The minimum Gasteiger partial charge on any atom is -0.277 e. The van der Waals surface area contributed by atoms with E-state index in [4.69, 9.17) is 0 Å². The van der Waals surface area contributed by atoms with Gasteiger partial charge in [0.2, 0.25) is 0 Å². The molecule has 0 unspecified atom stereocenters. The zero-order valence-corrected chi connectivity index (χ0v) is 11.0. The lowest BCUT2D eigenvalue weighted by Gasteiger charge is -2.08. The van der Waals surface area contributed by atoms with Gasteiger partial charge in [0.1, 0.15) is 11.6 Å². The van der Waals surface area contributed by atoms with Crippen molar-refractivity contribution < 1.29 is 21.6 Å². The first kappa shape index (κ1) is 14.1. The van der Waals surface area contributed by atoms with Crippen LogP contribution in [0.25, 0.3) is 0 Å². The molecule has 2 aromatic rings. The lowest BCUT2D eigenvalue weighted by atomic mass is 10.3. The molecule has 0 saturated heterocycles. The van der Waals surface area contributed by atoms with Crippen molar-refractivity contribution in [3.8, 4) is 5.75 Å². The fraction of sp³-hybridized carbons (Fsp3) is 0. The highest BCUT2D eigenvalue weighted by Gasteiger charge is 2.18. The van der Waals surface area contributed by atoms with Crippen LogP contribution in [-0.4, -0.2) is 15.2 Å². The number of nitrogens with one attached hydrogen (secondary N) is 1. The predicted molar refractivity (Wildman–Crippen MR) is 70.2 cm³/mol. The summed E-state index contributed by atoms with van der Waals surface area (Å²) in [4.78, 5) is -0.123. The summed E-state index contributed by atoms with van der Waals surface area (Å²) in [5, 5.41) is 0. The van der Waals surface area contributed by atoms with Crippen LogP contribution in [0.1, 0.15) is 0 Å². The van der Waals surface area contributed by atoms with Crippen LogP contribution in [0.4, 0.5) is 14.5 Å². The molecule has 0 amide bonds. The zero-order chi connectivity index (χ0) is 14.8. The Hall–Kier alpha value is -2.28. The molecule has 0 aromatic heterocycles. The van der Waals surface area contributed by atoms with E-state index in [2.05, 4.69) is 11.2 Å². The average molecular weight is 298 g/mol. The van der Waals surface area contributed by atoms with Gasteiger partial charge in [-0.1, -0.05) is 6.07 Å². The van der Waals surface area contributed by atoms with Crippen molar-refractivity contribution in [2.45, 2.75) is 4.90 Å². The van der Waals surface area contributed by atoms with Crippen LogP contribution >= 0.6 is 0 Å². The van der Waals surface area contributed by atoms with Crippen LogP contribution in [0.2, 0.25) is 0 Å². The highest BCUT2D eigenvalue weighted by Crippen LogP contribution is 2.22. The summed E-state index contributed by atoms with van der Waals surface area (Å²) in [5.41, 5.74) is -0.340. The number of halogens is 2. The molecule has 0 spiro atoms. The molecule has 0 aliphatic carbocycles. The van der Waals surface area contributed by atoms with E-state index < -0.39 is 21.7 Å². The number of benzene rings is 2. The van der Waals surface area contributed by atoms with E-state index in [0.29, 0.717) is 6.07 Å². The average Bonchev–Trinajstić information content (AvgIpc) is 2.42. The number of carbonyl (C=O) groups excluding carboxylic acids is 1. The highest BCUT2D eigenvalue weighted by molar-refractivity contribution is 7.92. The van der Waals surface area contributed by atoms with Crippen molar-refractivity contribution >= 4 is 22.5 Å². The molecule has 104 valence electrons. The summed E-state index contributed by atoms with van der Waals surface area (Å²) in [6.07, 6.45) is 0. The van der Waals surface area contributed by atoms with Crippen LogP contribution in [0.15, 0.2) is 47.4 Å². The maximum absolute atomic E-state index is 13.4. The van der Waals surface area contributed by atoms with Crippen molar-refractivity contribution in [2.75, 3.05) is 4.72 Å². The third-order valence-corrected chi connectivity index (χ3v) is 3.82. The van der Waals surface area contributed by atoms with E-state index in [9.17, 15) is 17.2 Å². The van der Waals surface area contributed by atoms with Gasteiger partial charge >= 0.3 is 5.75 Å². The number of hydrogen-bond acceptors (Lipinski definition) is 2. The summed E-state index contributed by atoms with van der Waals surface area (Å²) < 4.78 is 57.0. The van der Waals surface area contributed by atoms with E-state index in [-0.39, 0.29) is 16.3 Å². The Kier molecular flexibility index (Phi) is 3.80. The number of hydrogen-bond donors (Lipinski definition) is 1. The van der Waals surface area contributed by atoms with E-state index in [1.165, 1.54) is 24.3 Å². The molecule has 2 rings (SSSR count). The first-order valence-corrected chi connectivity index (χ1v) is 6.90. The second-order valence-corrected chi connectivity index (χ2v) is 5.53. The van der Waals surface area contributed by atoms with E-state index >= 15 is 0 Å². The van der Waals surface area contributed by atoms with E-state index in [0.717, 1.165) is 12.1 Å². The Morgan fingerprint density at radius 1 is 1.10 bits per heavy atom. The summed E-state index contributed by atoms with van der Waals surface area (Å²) in [6, 6.07) is 8.07. The van der Waals surface area contributed by atoms with Crippen molar-refractivity contribution in [1.82, 2.24) is 0 Å². The van der Waals surface area contributed by atoms with Gasteiger partial charge in [-0.3, -0.25) is 4.72 Å². The zero-order valence-electron chi connectivity index (χ0n) is 10.1. The Morgan fingerprint density at radius 3 is 2.50 bits per heavy atom. The Balaban J connectivity index is 2.37. The van der Waals surface area contributed by atoms with Gasteiger partial charge in [-0.2, -0.15) is 0 Å². The lowest BCUT2D eigenvalue weighted by Crippen LogP contribution is -2.14. The molecule has 4 nitrogen and oxygen atoms in total. The number of sulfonamides is 1. The fourth-order valence-corrected chi connectivity index (χ4v) is 2.61. The van der Waals surface area contributed by atoms with Crippen molar-refractivity contribution in [3.05, 3.63) is 54.1 Å².